The number of hydrogen-bond acceptors (Lipinski definition) is 5. The monoisotopic (exact) mass is 327 g/mol. The smallest absolute Gasteiger partial charge is 0.255 e. The van der Waals surface area contributed by atoms with Crippen LogP contribution in [0.1, 0.15) is 18.2 Å². The van der Waals surface area contributed by atoms with Gasteiger partial charge in [0.1, 0.15) is 5.82 Å². The van der Waals surface area contributed by atoms with Crippen molar-refractivity contribution in [1.82, 2.24) is 25.2 Å². The molecule has 1 saturated heterocycles. The number of hydrogen-bond donors (Lipinski definition) is 2. The van der Waals surface area contributed by atoms with Crippen LogP contribution < -0.4 is 10.9 Å². The van der Waals surface area contributed by atoms with Gasteiger partial charge >= 0.3 is 0 Å². The van der Waals surface area contributed by atoms with E-state index in [0.717, 1.165) is 18.7 Å². The Hall–Kier alpha value is -2.54. The van der Waals surface area contributed by atoms with Gasteiger partial charge in [-0.1, -0.05) is 0 Å². The SMILES string of the molecule is Cc1nc(-c2ccncc2)[nH]c(=O)c1CC(=O)N1CCNC[C@H]1C. The zero-order valence-corrected chi connectivity index (χ0v) is 13.9. The van der Waals surface area contributed by atoms with Gasteiger partial charge in [-0.25, -0.2) is 4.98 Å². The van der Waals surface area contributed by atoms with Gasteiger partial charge in [-0.3, -0.25) is 14.6 Å². The van der Waals surface area contributed by atoms with Gasteiger partial charge in [0.15, 0.2) is 0 Å². The molecule has 1 aliphatic heterocycles. The number of carbonyl (C=O) groups is 1. The van der Waals surface area contributed by atoms with E-state index in [2.05, 4.69) is 20.3 Å². The molecule has 0 radical (unpaired) electrons. The topological polar surface area (TPSA) is 91.0 Å². The Labute approximate surface area is 140 Å². The largest absolute Gasteiger partial charge is 0.337 e. The number of carbonyl (C=O) groups excluding carboxylic acids is 1. The highest BCUT2D eigenvalue weighted by molar-refractivity contribution is 5.79. The number of H-pyrrole nitrogens is 1. The number of pyridine rings is 1. The van der Waals surface area contributed by atoms with Gasteiger partial charge in [-0.2, -0.15) is 0 Å². The van der Waals surface area contributed by atoms with Crippen LogP contribution in [0.3, 0.4) is 0 Å². The van der Waals surface area contributed by atoms with Gasteiger partial charge in [0.05, 0.1) is 6.42 Å². The molecular formula is C17H21N5O2. The summed E-state index contributed by atoms with van der Waals surface area (Å²) < 4.78 is 0. The van der Waals surface area contributed by atoms with Crippen molar-refractivity contribution in [2.24, 2.45) is 0 Å². The van der Waals surface area contributed by atoms with Crippen molar-refractivity contribution < 1.29 is 4.79 Å². The summed E-state index contributed by atoms with van der Waals surface area (Å²) >= 11 is 0. The maximum absolute atomic E-state index is 12.5. The zero-order chi connectivity index (χ0) is 17.1. The van der Waals surface area contributed by atoms with Crippen LogP contribution in [0.2, 0.25) is 0 Å². The van der Waals surface area contributed by atoms with E-state index >= 15 is 0 Å². The van der Waals surface area contributed by atoms with E-state index in [1.165, 1.54) is 0 Å². The molecular weight excluding hydrogens is 306 g/mol. The van der Waals surface area contributed by atoms with Crippen LogP contribution in [0.4, 0.5) is 0 Å². The van der Waals surface area contributed by atoms with Gasteiger partial charge in [0.25, 0.3) is 5.56 Å². The fraction of sp³-hybridized carbons (Fsp3) is 0.412. The maximum atomic E-state index is 12.5. The minimum absolute atomic E-state index is 0.0314. The molecule has 3 rings (SSSR count). The van der Waals surface area contributed by atoms with Gasteiger partial charge in [0.2, 0.25) is 5.91 Å². The second-order valence-electron chi connectivity index (χ2n) is 6.03. The van der Waals surface area contributed by atoms with E-state index < -0.39 is 0 Å². The molecule has 7 heteroatoms. The summed E-state index contributed by atoms with van der Waals surface area (Å²) in [5.74, 6) is 0.461. The van der Waals surface area contributed by atoms with Crippen molar-refractivity contribution in [2.45, 2.75) is 26.3 Å². The molecule has 1 atom stereocenters. The highest BCUT2D eigenvalue weighted by Crippen LogP contribution is 2.14. The number of piperazine rings is 1. The molecule has 0 saturated carbocycles. The average Bonchev–Trinajstić information content (AvgIpc) is 2.59. The summed E-state index contributed by atoms with van der Waals surface area (Å²) in [4.78, 5) is 38.0. The number of nitrogens with one attached hydrogen (secondary N) is 2. The van der Waals surface area contributed by atoms with Gasteiger partial charge in [0, 0.05) is 54.9 Å². The van der Waals surface area contributed by atoms with Crippen molar-refractivity contribution >= 4 is 5.91 Å². The van der Waals surface area contributed by atoms with E-state index in [1.54, 1.807) is 31.5 Å². The Morgan fingerprint density at radius 1 is 1.38 bits per heavy atom. The Morgan fingerprint density at radius 3 is 2.79 bits per heavy atom. The van der Waals surface area contributed by atoms with Crippen LogP contribution in [0.25, 0.3) is 11.4 Å². The third kappa shape index (κ3) is 3.35. The minimum Gasteiger partial charge on any atom is -0.337 e. The van der Waals surface area contributed by atoms with Crippen molar-refractivity contribution in [3.05, 3.63) is 46.1 Å². The molecule has 0 spiro atoms. The summed E-state index contributed by atoms with van der Waals surface area (Å²) in [5, 5.41) is 3.25. The number of rotatable bonds is 3. The van der Waals surface area contributed by atoms with Gasteiger partial charge < -0.3 is 15.2 Å². The van der Waals surface area contributed by atoms with E-state index in [4.69, 9.17) is 0 Å². The van der Waals surface area contributed by atoms with Crippen LogP contribution in [-0.2, 0) is 11.2 Å². The van der Waals surface area contributed by atoms with Crippen LogP contribution in [0.5, 0.6) is 0 Å². The molecule has 1 aliphatic rings. The molecule has 3 heterocycles. The van der Waals surface area contributed by atoms with Crippen LogP contribution in [0, 0.1) is 6.92 Å². The molecule has 0 bridgehead atoms. The Bertz CT molecular complexity index is 787. The number of nitrogens with zero attached hydrogens (tertiary/aromatic N) is 3. The first-order valence-electron chi connectivity index (χ1n) is 8.06. The molecule has 7 nitrogen and oxygen atoms in total. The second-order valence-corrected chi connectivity index (χ2v) is 6.03. The molecule has 2 N–H and O–H groups in total. The first-order valence-corrected chi connectivity index (χ1v) is 8.06. The molecule has 24 heavy (non-hydrogen) atoms. The van der Waals surface area contributed by atoms with Crippen LogP contribution >= 0.6 is 0 Å². The fourth-order valence-electron chi connectivity index (χ4n) is 2.93. The van der Waals surface area contributed by atoms with Gasteiger partial charge in [-0.15, -0.1) is 0 Å². The van der Waals surface area contributed by atoms with Crippen molar-refractivity contribution in [1.29, 1.82) is 0 Å². The summed E-state index contributed by atoms with van der Waals surface area (Å²) in [6.07, 6.45) is 3.37. The quantitative estimate of drug-likeness (QED) is 0.857. The van der Waals surface area contributed by atoms with E-state index in [1.807, 2.05) is 11.8 Å². The maximum Gasteiger partial charge on any atom is 0.255 e. The highest BCUT2D eigenvalue weighted by Gasteiger charge is 2.24. The number of aromatic nitrogens is 3. The normalized spacial score (nSPS) is 17.8. The average molecular weight is 327 g/mol. The predicted octanol–water partition coefficient (Wildman–Crippen LogP) is 0.503. The summed E-state index contributed by atoms with van der Waals surface area (Å²) in [6, 6.07) is 3.70. The molecule has 126 valence electrons. The van der Waals surface area contributed by atoms with Gasteiger partial charge in [-0.05, 0) is 26.0 Å². The molecule has 1 fully saturated rings. The predicted molar refractivity (Wildman–Crippen MR) is 90.6 cm³/mol. The lowest BCUT2D eigenvalue weighted by molar-refractivity contribution is -0.133. The summed E-state index contributed by atoms with van der Waals surface area (Å²) in [5.41, 5.74) is 1.55. The third-order valence-corrected chi connectivity index (χ3v) is 4.33. The molecule has 1 amide bonds. The minimum atomic E-state index is -0.259. The Balaban J connectivity index is 1.84. The van der Waals surface area contributed by atoms with E-state index in [-0.39, 0.29) is 23.9 Å². The first kappa shape index (κ1) is 16.3. The van der Waals surface area contributed by atoms with Crippen molar-refractivity contribution in [3.8, 4) is 11.4 Å². The van der Waals surface area contributed by atoms with E-state index in [0.29, 0.717) is 23.6 Å². The van der Waals surface area contributed by atoms with Crippen LogP contribution in [-0.4, -0.2) is 51.4 Å². The van der Waals surface area contributed by atoms with Crippen molar-refractivity contribution in [2.75, 3.05) is 19.6 Å². The molecule has 2 aromatic rings. The Kier molecular flexibility index (Phi) is 4.71. The summed E-state index contributed by atoms with van der Waals surface area (Å²) in [6.45, 7) is 6.00. The summed E-state index contributed by atoms with van der Waals surface area (Å²) in [7, 11) is 0. The molecule has 0 aromatic carbocycles. The zero-order valence-electron chi connectivity index (χ0n) is 13.9. The fourth-order valence-corrected chi connectivity index (χ4v) is 2.93. The molecule has 2 aromatic heterocycles. The van der Waals surface area contributed by atoms with E-state index in [9.17, 15) is 9.59 Å². The number of amides is 1. The standard InChI is InChI=1S/C17H21N5O2/c1-11-10-19-7-8-22(11)15(23)9-14-12(2)20-16(21-17(14)24)13-3-5-18-6-4-13/h3-6,11,19H,7-10H2,1-2H3,(H,20,21,24)/t11-/m1/s1. The number of aryl methyl sites for hydroxylation is 1. The lowest BCUT2D eigenvalue weighted by Gasteiger charge is -2.34. The second kappa shape index (κ2) is 6.92. The lowest BCUT2D eigenvalue weighted by Crippen LogP contribution is -2.52. The van der Waals surface area contributed by atoms with Crippen LogP contribution in [0.15, 0.2) is 29.3 Å². The number of aromatic amines is 1. The Morgan fingerprint density at radius 2 is 2.12 bits per heavy atom. The first-order chi connectivity index (χ1) is 11.6. The third-order valence-electron chi connectivity index (χ3n) is 4.33. The molecule has 0 unspecified atom stereocenters. The van der Waals surface area contributed by atoms with Crippen molar-refractivity contribution in [3.63, 3.8) is 0 Å². The lowest BCUT2D eigenvalue weighted by atomic mass is 10.1. The highest BCUT2D eigenvalue weighted by atomic mass is 16.2. The molecule has 0 aliphatic carbocycles.